The summed E-state index contributed by atoms with van der Waals surface area (Å²) in [5, 5.41) is 5.59. The average molecular weight is 299 g/mol. The fraction of sp³-hybridized carbons (Fsp3) is 0.462. The molecule has 0 aliphatic rings. The fourth-order valence-electron chi connectivity index (χ4n) is 1.58. The Bertz CT molecular complexity index is 568. The van der Waals surface area contributed by atoms with Gasteiger partial charge in [-0.3, -0.25) is 4.79 Å². The van der Waals surface area contributed by atoms with Crippen molar-refractivity contribution < 1.29 is 13.2 Å². The van der Waals surface area contributed by atoms with Gasteiger partial charge in [0, 0.05) is 20.1 Å². The molecular formula is C13H21N3O3S. The summed E-state index contributed by atoms with van der Waals surface area (Å²) >= 11 is 0. The van der Waals surface area contributed by atoms with Crippen molar-refractivity contribution in [2.45, 2.75) is 24.8 Å². The number of anilines is 1. The van der Waals surface area contributed by atoms with Crippen LogP contribution in [0.5, 0.6) is 0 Å². The Morgan fingerprint density at radius 3 is 2.40 bits per heavy atom. The molecule has 0 saturated heterocycles. The van der Waals surface area contributed by atoms with E-state index in [4.69, 9.17) is 0 Å². The second kappa shape index (κ2) is 6.71. The molecule has 0 saturated carbocycles. The minimum atomic E-state index is -3.54. The molecule has 0 unspecified atom stereocenters. The van der Waals surface area contributed by atoms with Gasteiger partial charge in [-0.1, -0.05) is 12.1 Å². The number of amides is 1. The van der Waals surface area contributed by atoms with Crippen LogP contribution in [-0.4, -0.2) is 45.3 Å². The zero-order valence-electron chi connectivity index (χ0n) is 12.2. The Morgan fingerprint density at radius 1 is 1.25 bits per heavy atom. The summed E-state index contributed by atoms with van der Waals surface area (Å²) in [5.41, 5.74) is 0.417. The van der Waals surface area contributed by atoms with E-state index in [9.17, 15) is 13.2 Å². The van der Waals surface area contributed by atoms with Gasteiger partial charge in [0.25, 0.3) is 0 Å². The third-order valence-electron chi connectivity index (χ3n) is 2.53. The van der Waals surface area contributed by atoms with Crippen LogP contribution in [0.1, 0.15) is 13.8 Å². The minimum absolute atomic E-state index is 0.0259. The van der Waals surface area contributed by atoms with Crippen LogP contribution in [0.25, 0.3) is 0 Å². The summed E-state index contributed by atoms with van der Waals surface area (Å²) in [6.45, 7) is 3.75. The first-order valence-electron chi connectivity index (χ1n) is 6.30. The molecule has 1 rings (SSSR count). The van der Waals surface area contributed by atoms with Crippen LogP contribution < -0.4 is 10.6 Å². The predicted molar refractivity (Wildman–Crippen MR) is 79.1 cm³/mol. The first-order valence-corrected chi connectivity index (χ1v) is 7.74. The van der Waals surface area contributed by atoms with Crippen LogP contribution in [-0.2, 0) is 14.8 Å². The highest BCUT2D eigenvalue weighted by Crippen LogP contribution is 2.22. The quantitative estimate of drug-likeness (QED) is 0.817. The maximum Gasteiger partial charge on any atom is 0.244 e. The van der Waals surface area contributed by atoms with Gasteiger partial charge >= 0.3 is 0 Å². The normalized spacial score (nSPS) is 11.7. The van der Waals surface area contributed by atoms with Crippen LogP contribution >= 0.6 is 0 Å². The summed E-state index contributed by atoms with van der Waals surface area (Å²) in [7, 11) is -0.600. The third-order valence-corrected chi connectivity index (χ3v) is 4.41. The van der Waals surface area contributed by atoms with Crippen molar-refractivity contribution >= 4 is 21.6 Å². The molecule has 1 amide bonds. The first-order chi connectivity index (χ1) is 9.25. The number of para-hydroxylation sites is 1. The minimum Gasteiger partial charge on any atom is -0.375 e. The molecule has 1 aromatic carbocycles. The van der Waals surface area contributed by atoms with Crippen molar-refractivity contribution in [3.05, 3.63) is 24.3 Å². The summed E-state index contributed by atoms with van der Waals surface area (Å²) in [6, 6.07) is 6.56. The maximum atomic E-state index is 12.2. The number of carbonyl (C=O) groups excluding carboxylic acids is 1. The molecule has 112 valence electrons. The molecule has 0 aliphatic heterocycles. The topological polar surface area (TPSA) is 78.5 Å². The molecule has 0 aliphatic carbocycles. The van der Waals surface area contributed by atoms with Gasteiger partial charge in [-0.05, 0) is 26.0 Å². The number of nitrogens with one attached hydrogen (secondary N) is 2. The van der Waals surface area contributed by atoms with Crippen LogP contribution in [0.3, 0.4) is 0 Å². The molecule has 0 spiro atoms. The van der Waals surface area contributed by atoms with E-state index >= 15 is 0 Å². The van der Waals surface area contributed by atoms with Gasteiger partial charge in [-0.15, -0.1) is 0 Å². The Kier molecular flexibility index (Phi) is 5.52. The van der Waals surface area contributed by atoms with Crippen molar-refractivity contribution in [3.63, 3.8) is 0 Å². The van der Waals surface area contributed by atoms with E-state index in [-0.39, 0.29) is 23.4 Å². The van der Waals surface area contributed by atoms with Gasteiger partial charge in [0.1, 0.15) is 4.90 Å². The second-order valence-electron chi connectivity index (χ2n) is 4.86. The third kappa shape index (κ3) is 4.21. The molecule has 2 N–H and O–H groups in total. The molecule has 0 aromatic heterocycles. The highest BCUT2D eigenvalue weighted by Gasteiger charge is 2.20. The monoisotopic (exact) mass is 299 g/mol. The van der Waals surface area contributed by atoms with Gasteiger partial charge in [0.05, 0.1) is 12.2 Å². The van der Waals surface area contributed by atoms with Gasteiger partial charge < -0.3 is 10.6 Å². The van der Waals surface area contributed by atoms with Crippen molar-refractivity contribution in [1.82, 2.24) is 9.62 Å². The Morgan fingerprint density at radius 2 is 1.85 bits per heavy atom. The molecular weight excluding hydrogens is 278 g/mol. The van der Waals surface area contributed by atoms with Crippen molar-refractivity contribution in [2.24, 2.45) is 0 Å². The summed E-state index contributed by atoms with van der Waals surface area (Å²) in [5.74, 6) is -0.183. The first kappa shape index (κ1) is 16.5. The molecule has 7 heteroatoms. The molecule has 0 bridgehead atoms. The van der Waals surface area contributed by atoms with E-state index in [1.165, 1.54) is 20.2 Å². The summed E-state index contributed by atoms with van der Waals surface area (Å²) in [4.78, 5) is 11.7. The average Bonchev–Trinajstić information content (AvgIpc) is 2.35. The zero-order valence-corrected chi connectivity index (χ0v) is 13.0. The van der Waals surface area contributed by atoms with E-state index in [1.54, 1.807) is 18.2 Å². The summed E-state index contributed by atoms with van der Waals surface area (Å²) < 4.78 is 25.5. The van der Waals surface area contributed by atoms with Crippen LogP contribution in [0.4, 0.5) is 5.69 Å². The van der Waals surface area contributed by atoms with Crippen molar-refractivity contribution in [3.8, 4) is 0 Å². The molecule has 0 heterocycles. The predicted octanol–water partition coefficient (Wildman–Crippen LogP) is 0.873. The zero-order chi connectivity index (χ0) is 15.3. The standard InChI is InChI=1S/C13H21N3O3S/c1-10(2)15-13(17)9-14-11-7-5-6-8-12(11)20(18,19)16(3)4/h5-8,10,14H,9H2,1-4H3,(H,15,17). The largest absolute Gasteiger partial charge is 0.375 e. The van der Waals surface area contributed by atoms with E-state index in [0.717, 1.165) is 4.31 Å². The number of sulfonamides is 1. The van der Waals surface area contributed by atoms with Gasteiger partial charge in [-0.25, -0.2) is 12.7 Å². The number of nitrogens with zero attached hydrogens (tertiary/aromatic N) is 1. The fourth-order valence-corrected chi connectivity index (χ4v) is 2.64. The highest BCUT2D eigenvalue weighted by atomic mass is 32.2. The second-order valence-corrected chi connectivity index (χ2v) is 6.98. The molecule has 1 aromatic rings. The van der Waals surface area contributed by atoms with E-state index < -0.39 is 10.0 Å². The number of hydrogen-bond donors (Lipinski definition) is 2. The Balaban J connectivity index is 2.90. The van der Waals surface area contributed by atoms with Gasteiger partial charge in [0.15, 0.2) is 0 Å². The van der Waals surface area contributed by atoms with Crippen LogP contribution in [0.2, 0.25) is 0 Å². The highest BCUT2D eigenvalue weighted by molar-refractivity contribution is 7.89. The lowest BCUT2D eigenvalue weighted by Gasteiger charge is -2.16. The lowest BCUT2D eigenvalue weighted by atomic mass is 10.3. The number of benzene rings is 1. The lowest BCUT2D eigenvalue weighted by molar-refractivity contribution is -0.119. The Hall–Kier alpha value is -1.60. The van der Waals surface area contributed by atoms with E-state index in [1.807, 2.05) is 13.8 Å². The van der Waals surface area contributed by atoms with E-state index in [0.29, 0.717) is 5.69 Å². The molecule has 6 nitrogen and oxygen atoms in total. The smallest absolute Gasteiger partial charge is 0.244 e. The Labute approximate surface area is 120 Å². The maximum absolute atomic E-state index is 12.2. The lowest BCUT2D eigenvalue weighted by Crippen LogP contribution is -2.35. The van der Waals surface area contributed by atoms with Crippen molar-refractivity contribution in [2.75, 3.05) is 26.0 Å². The molecule has 20 heavy (non-hydrogen) atoms. The molecule has 0 radical (unpaired) electrons. The van der Waals surface area contributed by atoms with Crippen LogP contribution in [0.15, 0.2) is 29.2 Å². The SMILES string of the molecule is CC(C)NC(=O)CNc1ccccc1S(=O)(=O)N(C)C. The summed E-state index contributed by atoms with van der Waals surface area (Å²) in [6.07, 6.45) is 0. The van der Waals surface area contributed by atoms with E-state index in [2.05, 4.69) is 10.6 Å². The van der Waals surface area contributed by atoms with Gasteiger partial charge in [0.2, 0.25) is 15.9 Å². The number of rotatable bonds is 6. The number of hydrogen-bond acceptors (Lipinski definition) is 4. The van der Waals surface area contributed by atoms with Crippen molar-refractivity contribution in [1.29, 1.82) is 0 Å². The molecule has 0 fully saturated rings. The molecule has 0 atom stereocenters. The van der Waals surface area contributed by atoms with Crippen LogP contribution in [0, 0.1) is 0 Å². The van der Waals surface area contributed by atoms with Gasteiger partial charge in [-0.2, -0.15) is 0 Å². The number of carbonyl (C=O) groups is 1.